The van der Waals surface area contributed by atoms with Gasteiger partial charge >= 0.3 is 0 Å². The van der Waals surface area contributed by atoms with E-state index in [-0.39, 0.29) is 0 Å². The van der Waals surface area contributed by atoms with Crippen LogP contribution in [-0.4, -0.2) is 46.4 Å². The second-order valence-corrected chi connectivity index (χ2v) is 7.57. The van der Waals surface area contributed by atoms with Gasteiger partial charge in [-0.2, -0.15) is 0 Å². The van der Waals surface area contributed by atoms with Gasteiger partial charge < -0.3 is 24.3 Å². The predicted molar refractivity (Wildman–Crippen MR) is 115 cm³/mol. The van der Waals surface area contributed by atoms with Gasteiger partial charge in [0.2, 0.25) is 0 Å². The van der Waals surface area contributed by atoms with E-state index in [0.29, 0.717) is 12.6 Å². The molecule has 2 aromatic rings. The minimum Gasteiger partial charge on any atom is -0.497 e. The molecule has 0 bridgehead atoms. The molecule has 0 atom stereocenters. The number of nitrogens with zero attached hydrogens (tertiary/aromatic N) is 3. The number of ether oxygens (including phenoxy) is 2. The van der Waals surface area contributed by atoms with Gasteiger partial charge in [0.05, 0.1) is 20.5 Å². The number of thiocarbonyl (C=S) groups is 1. The van der Waals surface area contributed by atoms with Crippen molar-refractivity contribution in [1.29, 1.82) is 0 Å². The zero-order chi connectivity index (χ0) is 19.8. The maximum Gasteiger partial charge on any atom is 0.169 e. The van der Waals surface area contributed by atoms with E-state index < -0.39 is 0 Å². The second kappa shape index (κ2) is 10.3. The summed E-state index contributed by atoms with van der Waals surface area (Å²) in [6, 6.07) is 6.45. The number of nitrogens with one attached hydrogen (secondary N) is 1. The third-order valence-electron chi connectivity index (χ3n) is 5.23. The summed E-state index contributed by atoms with van der Waals surface area (Å²) in [6.45, 7) is 2.49. The normalized spacial score (nSPS) is 14.1. The molecule has 0 amide bonds. The smallest absolute Gasteiger partial charge is 0.169 e. The fourth-order valence-electron chi connectivity index (χ4n) is 3.64. The van der Waals surface area contributed by atoms with E-state index in [0.717, 1.165) is 41.7 Å². The first-order valence-corrected chi connectivity index (χ1v) is 10.3. The van der Waals surface area contributed by atoms with E-state index >= 15 is 0 Å². The van der Waals surface area contributed by atoms with Crippen molar-refractivity contribution in [2.24, 2.45) is 0 Å². The first-order chi connectivity index (χ1) is 13.7. The Balaban J connectivity index is 1.67. The lowest BCUT2D eigenvalue weighted by Gasteiger charge is -2.29. The SMILES string of the molecule is COc1ccc(CN(CCCn2ccnc2)C(=S)NC2CCCC2)c(OC)c1. The summed E-state index contributed by atoms with van der Waals surface area (Å²) in [5.74, 6) is 1.61. The van der Waals surface area contributed by atoms with E-state index in [1.807, 2.05) is 30.9 Å². The summed E-state index contributed by atoms with van der Waals surface area (Å²) in [5, 5.41) is 4.40. The first-order valence-electron chi connectivity index (χ1n) is 9.91. The lowest BCUT2D eigenvalue weighted by atomic mass is 10.1. The average Bonchev–Trinajstić information content (AvgIpc) is 3.41. The van der Waals surface area contributed by atoms with E-state index in [2.05, 4.69) is 25.8 Å². The number of hydrogen-bond acceptors (Lipinski definition) is 4. The predicted octanol–water partition coefficient (Wildman–Crippen LogP) is 3.61. The fourth-order valence-corrected chi connectivity index (χ4v) is 3.96. The van der Waals surface area contributed by atoms with Gasteiger partial charge in [-0.15, -0.1) is 0 Å². The lowest BCUT2D eigenvalue weighted by molar-refractivity contribution is 0.357. The highest BCUT2D eigenvalue weighted by molar-refractivity contribution is 7.80. The molecular formula is C21H30N4O2S. The maximum atomic E-state index is 5.78. The van der Waals surface area contributed by atoms with Gasteiger partial charge in [-0.25, -0.2) is 4.98 Å². The highest BCUT2D eigenvalue weighted by Crippen LogP contribution is 2.26. The van der Waals surface area contributed by atoms with Crippen molar-refractivity contribution in [3.8, 4) is 11.5 Å². The molecular weight excluding hydrogens is 372 g/mol. The van der Waals surface area contributed by atoms with Crippen molar-refractivity contribution in [3.05, 3.63) is 42.5 Å². The summed E-state index contributed by atoms with van der Waals surface area (Å²) in [7, 11) is 3.36. The number of imidazole rings is 1. The molecule has 7 heteroatoms. The van der Waals surface area contributed by atoms with Gasteiger partial charge in [-0.3, -0.25) is 0 Å². The average molecular weight is 403 g/mol. The van der Waals surface area contributed by atoms with Crippen molar-refractivity contribution in [3.63, 3.8) is 0 Å². The third-order valence-corrected chi connectivity index (χ3v) is 5.61. The Hall–Kier alpha value is -2.28. The minimum atomic E-state index is 0.501. The Bertz CT molecular complexity index is 745. The van der Waals surface area contributed by atoms with Crippen LogP contribution in [0.3, 0.4) is 0 Å². The topological polar surface area (TPSA) is 51.5 Å². The Morgan fingerprint density at radius 1 is 1.29 bits per heavy atom. The van der Waals surface area contributed by atoms with Crippen LogP contribution < -0.4 is 14.8 Å². The second-order valence-electron chi connectivity index (χ2n) is 7.18. The maximum absolute atomic E-state index is 5.78. The van der Waals surface area contributed by atoms with Gasteiger partial charge in [0.15, 0.2) is 5.11 Å². The summed E-state index contributed by atoms with van der Waals surface area (Å²) >= 11 is 5.78. The first kappa shape index (κ1) is 20.5. The van der Waals surface area contributed by atoms with Crippen LogP contribution in [0, 0.1) is 0 Å². The van der Waals surface area contributed by atoms with E-state index in [1.54, 1.807) is 14.2 Å². The largest absolute Gasteiger partial charge is 0.497 e. The minimum absolute atomic E-state index is 0.501. The lowest BCUT2D eigenvalue weighted by Crippen LogP contribution is -2.44. The molecule has 152 valence electrons. The Morgan fingerprint density at radius 2 is 2.11 bits per heavy atom. The molecule has 3 rings (SSSR count). The monoisotopic (exact) mass is 402 g/mol. The molecule has 0 unspecified atom stereocenters. The Kier molecular flexibility index (Phi) is 7.54. The molecule has 1 aromatic heterocycles. The van der Waals surface area contributed by atoms with Crippen LogP contribution in [0.25, 0.3) is 0 Å². The standard InChI is InChI=1S/C21H30N4O2S/c1-26-19-9-8-17(20(14-19)27-2)15-25(12-5-11-24-13-10-22-16-24)21(28)23-18-6-3-4-7-18/h8-10,13-14,16,18H,3-7,11-12,15H2,1-2H3,(H,23,28). The van der Waals surface area contributed by atoms with Crippen molar-refractivity contribution < 1.29 is 9.47 Å². The number of rotatable bonds is 9. The molecule has 0 aliphatic heterocycles. The van der Waals surface area contributed by atoms with E-state index in [1.165, 1.54) is 25.7 Å². The number of methoxy groups -OCH3 is 2. The van der Waals surface area contributed by atoms with Crippen molar-refractivity contribution >= 4 is 17.3 Å². The van der Waals surface area contributed by atoms with E-state index in [9.17, 15) is 0 Å². The molecule has 0 spiro atoms. The van der Waals surface area contributed by atoms with Crippen LogP contribution in [0.2, 0.25) is 0 Å². The summed E-state index contributed by atoms with van der Waals surface area (Å²) in [6.07, 6.45) is 11.6. The van der Waals surface area contributed by atoms with Gasteiger partial charge in [0.1, 0.15) is 11.5 Å². The molecule has 1 aliphatic rings. The summed E-state index contributed by atoms with van der Waals surface area (Å²) in [4.78, 5) is 6.36. The van der Waals surface area contributed by atoms with Gasteiger partial charge in [-0.1, -0.05) is 12.8 Å². The molecule has 1 aromatic carbocycles. The zero-order valence-electron chi connectivity index (χ0n) is 16.8. The van der Waals surface area contributed by atoms with Crippen molar-refractivity contribution in [1.82, 2.24) is 19.8 Å². The molecule has 0 radical (unpaired) electrons. The number of benzene rings is 1. The quantitative estimate of drug-likeness (QED) is 0.647. The number of aromatic nitrogens is 2. The molecule has 1 saturated carbocycles. The number of aryl methyl sites for hydroxylation is 1. The molecule has 1 heterocycles. The third kappa shape index (κ3) is 5.61. The van der Waals surface area contributed by atoms with Crippen LogP contribution in [0.1, 0.15) is 37.7 Å². The van der Waals surface area contributed by atoms with Crippen LogP contribution in [-0.2, 0) is 13.1 Å². The Morgan fingerprint density at radius 3 is 2.79 bits per heavy atom. The molecule has 1 fully saturated rings. The fraction of sp³-hybridized carbons (Fsp3) is 0.524. The van der Waals surface area contributed by atoms with Crippen molar-refractivity contribution in [2.75, 3.05) is 20.8 Å². The molecule has 6 nitrogen and oxygen atoms in total. The van der Waals surface area contributed by atoms with Gasteiger partial charge in [0.25, 0.3) is 0 Å². The van der Waals surface area contributed by atoms with Crippen LogP contribution in [0.15, 0.2) is 36.9 Å². The van der Waals surface area contributed by atoms with Crippen LogP contribution in [0.4, 0.5) is 0 Å². The molecule has 1 aliphatic carbocycles. The van der Waals surface area contributed by atoms with Gasteiger partial charge in [-0.05, 0) is 43.6 Å². The summed E-state index contributed by atoms with van der Waals surface area (Å²) < 4.78 is 13.0. The Labute approximate surface area is 172 Å². The molecule has 28 heavy (non-hydrogen) atoms. The summed E-state index contributed by atoms with van der Waals surface area (Å²) in [5.41, 5.74) is 1.10. The van der Waals surface area contributed by atoms with Crippen LogP contribution >= 0.6 is 12.2 Å². The highest BCUT2D eigenvalue weighted by Gasteiger charge is 2.19. The highest BCUT2D eigenvalue weighted by atomic mass is 32.1. The number of hydrogen-bond donors (Lipinski definition) is 1. The van der Waals surface area contributed by atoms with Crippen molar-refractivity contribution in [2.45, 2.75) is 51.2 Å². The zero-order valence-corrected chi connectivity index (χ0v) is 17.6. The molecule has 1 N–H and O–H groups in total. The van der Waals surface area contributed by atoms with E-state index in [4.69, 9.17) is 21.7 Å². The van der Waals surface area contributed by atoms with Crippen LogP contribution in [0.5, 0.6) is 11.5 Å². The molecule has 0 saturated heterocycles. The van der Waals surface area contributed by atoms with Gasteiger partial charge in [0, 0.05) is 49.7 Å².